The number of anilines is 1. The molecule has 0 spiro atoms. The van der Waals surface area contributed by atoms with Gasteiger partial charge in [0.15, 0.2) is 0 Å². The van der Waals surface area contributed by atoms with Crippen molar-refractivity contribution in [2.45, 2.75) is 13.1 Å². The molecule has 0 aliphatic carbocycles. The van der Waals surface area contributed by atoms with Crippen LogP contribution in [0.15, 0.2) is 73.4 Å². The summed E-state index contributed by atoms with van der Waals surface area (Å²) in [5.41, 5.74) is 4.00. The zero-order valence-electron chi connectivity index (χ0n) is 14.1. The molecule has 26 heavy (non-hydrogen) atoms. The van der Waals surface area contributed by atoms with Gasteiger partial charge in [0.2, 0.25) is 0 Å². The summed E-state index contributed by atoms with van der Waals surface area (Å²) < 4.78 is 2.01. The van der Waals surface area contributed by atoms with E-state index in [0.717, 1.165) is 28.7 Å². The minimum absolute atomic E-state index is 0.223. The van der Waals surface area contributed by atoms with Crippen LogP contribution in [0.3, 0.4) is 0 Å². The van der Waals surface area contributed by atoms with Gasteiger partial charge in [0.05, 0.1) is 12.0 Å². The lowest BCUT2D eigenvalue weighted by molar-refractivity contribution is 0.252. The number of carbonyl (C=O) groups excluding carboxylic acids is 1. The average molecular weight is 345 g/mol. The Kier molecular flexibility index (Phi) is 4.38. The van der Waals surface area contributed by atoms with Crippen LogP contribution in [0.5, 0.6) is 0 Å². The highest BCUT2D eigenvalue weighted by atomic mass is 16.2. The Labute approximate surface area is 150 Å². The Hall–Kier alpha value is -3.54. The van der Waals surface area contributed by atoms with Gasteiger partial charge in [-0.3, -0.25) is 0 Å². The second-order valence-electron chi connectivity index (χ2n) is 6.11. The zero-order valence-corrected chi connectivity index (χ0v) is 14.1. The summed E-state index contributed by atoms with van der Waals surface area (Å²) in [4.78, 5) is 19.4. The first-order chi connectivity index (χ1) is 12.8. The summed E-state index contributed by atoms with van der Waals surface area (Å²) in [7, 11) is 0. The Balaban J connectivity index is 1.38. The van der Waals surface area contributed by atoms with Crippen LogP contribution in [0.1, 0.15) is 11.1 Å². The number of urea groups is 1. The molecule has 4 rings (SSSR count). The minimum atomic E-state index is -0.223. The quantitative estimate of drug-likeness (QED) is 0.515. The van der Waals surface area contributed by atoms with E-state index in [1.54, 1.807) is 12.5 Å². The predicted octanol–water partition coefficient (Wildman–Crippen LogP) is 3.73. The fraction of sp³-hybridized carbons (Fsp3) is 0.100. The summed E-state index contributed by atoms with van der Waals surface area (Å²) in [6.07, 6.45) is 7.35. The molecule has 0 aliphatic rings. The van der Waals surface area contributed by atoms with E-state index in [9.17, 15) is 4.79 Å². The second-order valence-corrected chi connectivity index (χ2v) is 6.11. The monoisotopic (exact) mass is 345 g/mol. The Bertz CT molecular complexity index is 1020. The third-order valence-corrected chi connectivity index (χ3v) is 4.21. The number of carbonyl (C=O) groups is 1. The number of nitrogens with one attached hydrogen (secondary N) is 3. The number of hydrogen-bond acceptors (Lipinski definition) is 2. The van der Waals surface area contributed by atoms with E-state index < -0.39 is 0 Å². The van der Waals surface area contributed by atoms with Gasteiger partial charge in [0.25, 0.3) is 0 Å². The number of benzene rings is 2. The first-order valence-corrected chi connectivity index (χ1v) is 8.42. The lowest BCUT2D eigenvalue weighted by atomic mass is 10.1. The largest absolute Gasteiger partial charge is 0.361 e. The topological polar surface area (TPSA) is 74.7 Å². The molecule has 0 saturated heterocycles. The van der Waals surface area contributed by atoms with Crippen LogP contribution >= 0.6 is 0 Å². The highest BCUT2D eigenvalue weighted by Crippen LogP contribution is 2.21. The van der Waals surface area contributed by atoms with Gasteiger partial charge in [-0.25, -0.2) is 9.78 Å². The van der Waals surface area contributed by atoms with E-state index in [1.807, 2.05) is 53.4 Å². The number of aromatic nitrogens is 3. The molecule has 3 N–H and O–H groups in total. The first kappa shape index (κ1) is 16.0. The van der Waals surface area contributed by atoms with Crippen molar-refractivity contribution < 1.29 is 4.79 Å². The molecule has 2 heterocycles. The number of imidazole rings is 1. The molecule has 6 heteroatoms. The van der Waals surface area contributed by atoms with Gasteiger partial charge in [0.1, 0.15) is 0 Å². The lowest BCUT2D eigenvalue weighted by Gasteiger charge is -2.10. The van der Waals surface area contributed by atoms with Crippen molar-refractivity contribution in [3.63, 3.8) is 0 Å². The second kappa shape index (κ2) is 7.14. The van der Waals surface area contributed by atoms with Gasteiger partial charge in [-0.05, 0) is 29.3 Å². The van der Waals surface area contributed by atoms with Crippen LogP contribution in [-0.2, 0) is 13.1 Å². The third kappa shape index (κ3) is 3.59. The zero-order chi connectivity index (χ0) is 17.8. The average Bonchev–Trinajstić information content (AvgIpc) is 3.32. The van der Waals surface area contributed by atoms with Crippen molar-refractivity contribution >= 4 is 22.6 Å². The minimum Gasteiger partial charge on any atom is -0.361 e. The van der Waals surface area contributed by atoms with Gasteiger partial charge in [-0.15, -0.1) is 0 Å². The van der Waals surface area contributed by atoms with Crippen molar-refractivity contribution in [2.24, 2.45) is 0 Å². The molecule has 2 amide bonds. The summed E-state index contributed by atoms with van der Waals surface area (Å²) in [5, 5.41) is 6.81. The number of fused-ring (bicyclic) bond motifs is 1. The van der Waals surface area contributed by atoms with E-state index in [4.69, 9.17) is 0 Å². The fourth-order valence-electron chi connectivity index (χ4n) is 2.97. The van der Waals surface area contributed by atoms with Crippen LogP contribution in [0.4, 0.5) is 10.5 Å². The van der Waals surface area contributed by atoms with Gasteiger partial charge in [-0.2, -0.15) is 0 Å². The van der Waals surface area contributed by atoms with E-state index in [0.29, 0.717) is 6.54 Å². The van der Waals surface area contributed by atoms with Gasteiger partial charge >= 0.3 is 6.03 Å². The van der Waals surface area contributed by atoms with Crippen molar-refractivity contribution in [1.29, 1.82) is 0 Å². The highest BCUT2D eigenvalue weighted by Gasteiger charge is 2.06. The van der Waals surface area contributed by atoms with Crippen LogP contribution in [0, 0.1) is 0 Å². The maximum atomic E-state index is 12.2. The predicted molar refractivity (Wildman–Crippen MR) is 102 cm³/mol. The summed E-state index contributed by atoms with van der Waals surface area (Å²) in [6, 6.07) is 15.7. The Morgan fingerprint density at radius 2 is 2.00 bits per heavy atom. The van der Waals surface area contributed by atoms with Crippen molar-refractivity contribution in [1.82, 2.24) is 19.9 Å². The number of rotatable bonds is 5. The SMILES string of the molecule is O=C(NCc1cccc(Cn2ccnc2)c1)Nc1cccc2[nH]ccc12. The van der Waals surface area contributed by atoms with Gasteiger partial charge in [-0.1, -0.05) is 30.3 Å². The molecule has 0 unspecified atom stereocenters. The molecule has 0 bridgehead atoms. The molecule has 2 aromatic carbocycles. The highest BCUT2D eigenvalue weighted by molar-refractivity contribution is 6.00. The molecule has 2 aromatic heterocycles. The summed E-state index contributed by atoms with van der Waals surface area (Å²) in [6.45, 7) is 1.22. The molecule has 130 valence electrons. The van der Waals surface area contributed by atoms with E-state index in [1.165, 1.54) is 5.56 Å². The van der Waals surface area contributed by atoms with Crippen LogP contribution in [0.2, 0.25) is 0 Å². The molecule has 4 aromatic rings. The van der Waals surface area contributed by atoms with Crippen molar-refractivity contribution in [3.05, 3.63) is 84.6 Å². The molecule has 0 fully saturated rings. The third-order valence-electron chi connectivity index (χ3n) is 4.21. The summed E-state index contributed by atoms with van der Waals surface area (Å²) >= 11 is 0. The molecule has 0 atom stereocenters. The maximum absolute atomic E-state index is 12.2. The van der Waals surface area contributed by atoms with Gasteiger partial charge in [0, 0.05) is 42.6 Å². The summed E-state index contributed by atoms with van der Waals surface area (Å²) in [5.74, 6) is 0. The standard InChI is InChI=1S/C20H19N5O/c26-20(24-19-6-2-5-18-17(19)7-8-22-18)23-12-15-3-1-4-16(11-15)13-25-10-9-21-14-25/h1-11,14,22H,12-13H2,(H2,23,24,26). The fourth-order valence-corrected chi connectivity index (χ4v) is 2.97. The van der Waals surface area contributed by atoms with Crippen LogP contribution < -0.4 is 10.6 Å². The first-order valence-electron chi connectivity index (χ1n) is 8.42. The molecule has 0 aliphatic heterocycles. The number of aromatic amines is 1. The molecule has 0 radical (unpaired) electrons. The number of amides is 2. The Morgan fingerprint density at radius 3 is 2.88 bits per heavy atom. The maximum Gasteiger partial charge on any atom is 0.319 e. The van der Waals surface area contributed by atoms with Gasteiger partial charge < -0.3 is 20.2 Å². The number of hydrogen-bond donors (Lipinski definition) is 3. The normalized spacial score (nSPS) is 10.8. The molecular weight excluding hydrogens is 326 g/mol. The smallest absolute Gasteiger partial charge is 0.319 e. The van der Waals surface area contributed by atoms with Crippen molar-refractivity contribution in [3.8, 4) is 0 Å². The molecule has 6 nitrogen and oxygen atoms in total. The number of nitrogens with zero attached hydrogens (tertiary/aromatic N) is 2. The Morgan fingerprint density at radius 1 is 1.12 bits per heavy atom. The van der Waals surface area contributed by atoms with Crippen molar-refractivity contribution in [2.75, 3.05) is 5.32 Å². The van der Waals surface area contributed by atoms with E-state index in [-0.39, 0.29) is 6.03 Å². The van der Waals surface area contributed by atoms with Crippen LogP contribution in [-0.4, -0.2) is 20.6 Å². The van der Waals surface area contributed by atoms with Crippen LogP contribution in [0.25, 0.3) is 10.9 Å². The van der Waals surface area contributed by atoms with E-state index >= 15 is 0 Å². The molecular formula is C20H19N5O. The lowest BCUT2D eigenvalue weighted by Crippen LogP contribution is -2.28. The molecule has 0 saturated carbocycles. The van der Waals surface area contributed by atoms with E-state index in [2.05, 4.69) is 32.7 Å². The number of H-pyrrole nitrogens is 1.